The third kappa shape index (κ3) is 6.95. The number of fused-ring (bicyclic) bond motifs is 2. The Morgan fingerprint density at radius 1 is 1.08 bits per heavy atom. The van der Waals surface area contributed by atoms with E-state index >= 15 is 0 Å². The minimum Gasteiger partial charge on any atom is -0.481 e. The van der Waals surface area contributed by atoms with E-state index in [4.69, 9.17) is 14.6 Å². The maximum absolute atomic E-state index is 10.5. The summed E-state index contributed by atoms with van der Waals surface area (Å²) < 4.78 is 12.1. The van der Waals surface area contributed by atoms with Crippen molar-refractivity contribution in [3.8, 4) is 0 Å². The molecule has 0 radical (unpaired) electrons. The van der Waals surface area contributed by atoms with Crippen LogP contribution in [0.3, 0.4) is 0 Å². The molecule has 0 amide bonds. The Labute approximate surface area is 152 Å². The molecule has 2 heterocycles. The molecule has 142 valence electrons. The summed E-state index contributed by atoms with van der Waals surface area (Å²) in [4.78, 5) is 10.5. The monoisotopic (exact) mass is 350 g/mol. The van der Waals surface area contributed by atoms with Crippen LogP contribution in [-0.2, 0) is 14.3 Å². The number of aliphatic carboxylic acids is 1. The molecule has 0 aromatic carbocycles. The fourth-order valence-corrected chi connectivity index (χ4v) is 4.02. The average molecular weight is 350 g/mol. The molecule has 2 fully saturated rings. The van der Waals surface area contributed by atoms with E-state index in [1.807, 2.05) is 12.2 Å². The highest BCUT2D eigenvalue weighted by molar-refractivity contribution is 5.68. The average Bonchev–Trinajstić information content (AvgIpc) is 3.19. The summed E-state index contributed by atoms with van der Waals surface area (Å²) in [6, 6.07) is 0. The summed E-state index contributed by atoms with van der Waals surface area (Å²) in [6.45, 7) is 3.93. The molecule has 25 heavy (non-hydrogen) atoms. The summed E-state index contributed by atoms with van der Waals surface area (Å²) in [5.41, 5.74) is 0. The van der Waals surface area contributed by atoms with Gasteiger partial charge in [0.2, 0.25) is 0 Å². The first-order chi connectivity index (χ1) is 12.2. The minimum atomic E-state index is -0.793. The SMILES string of the molecule is CCCCCCCOC[C@@H]1[C@H](C/C=C\C=CCC(=O)O)[C@@H]2CC[C@H]1O2. The molecule has 0 spiro atoms. The molecule has 2 aliphatic heterocycles. The summed E-state index contributed by atoms with van der Waals surface area (Å²) in [5, 5.41) is 8.61. The van der Waals surface area contributed by atoms with E-state index in [-0.39, 0.29) is 6.42 Å². The predicted octanol–water partition coefficient (Wildman–Crippen LogP) is 4.74. The van der Waals surface area contributed by atoms with Gasteiger partial charge in [0, 0.05) is 12.5 Å². The van der Waals surface area contributed by atoms with Crippen molar-refractivity contribution in [3.05, 3.63) is 24.3 Å². The van der Waals surface area contributed by atoms with Gasteiger partial charge in [-0.3, -0.25) is 4.79 Å². The van der Waals surface area contributed by atoms with Crippen LogP contribution < -0.4 is 0 Å². The number of carboxylic acid groups (broad SMARTS) is 1. The van der Waals surface area contributed by atoms with E-state index in [2.05, 4.69) is 13.0 Å². The first kappa shape index (κ1) is 20.2. The van der Waals surface area contributed by atoms with Crippen molar-refractivity contribution in [2.24, 2.45) is 11.8 Å². The summed E-state index contributed by atoms with van der Waals surface area (Å²) in [6.07, 6.45) is 18.2. The lowest BCUT2D eigenvalue weighted by atomic mass is 9.78. The molecule has 0 unspecified atom stereocenters. The van der Waals surface area contributed by atoms with Crippen LogP contribution in [0, 0.1) is 11.8 Å². The van der Waals surface area contributed by atoms with E-state index in [0.717, 1.165) is 19.6 Å². The van der Waals surface area contributed by atoms with Gasteiger partial charge in [0.25, 0.3) is 0 Å². The number of hydrogen-bond acceptors (Lipinski definition) is 3. The van der Waals surface area contributed by atoms with Gasteiger partial charge < -0.3 is 14.6 Å². The van der Waals surface area contributed by atoms with Gasteiger partial charge in [-0.1, -0.05) is 56.9 Å². The maximum atomic E-state index is 10.5. The number of ether oxygens (including phenoxy) is 2. The smallest absolute Gasteiger partial charge is 0.307 e. The third-order valence-electron chi connectivity index (χ3n) is 5.38. The third-order valence-corrected chi connectivity index (χ3v) is 5.38. The van der Waals surface area contributed by atoms with Crippen molar-refractivity contribution in [2.75, 3.05) is 13.2 Å². The second kappa shape index (κ2) is 11.5. The first-order valence-electron chi connectivity index (χ1n) is 9.99. The fraction of sp³-hybridized carbons (Fsp3) is 0.762. The Balaban J connectivity index is 1.67. The highest BCUT2D eigenvalue weighted by Crippen LogP contribution is 2.45. The normalized spacial score (nSPS) is 28.5. The van der Waals surface area contributed by atoms with Gasteiger partial charge >= 0.3 is 5.97 Å². The number of carbonyl (C=O) groups is 1. The lowest BCUT2D eigenvalue weighted by molar-refractivity contribution is -0.136. The molecule has 1 N–H and O–H groups in total. The molecule has 2 rings (SSSR count). The van der Waals surface area contributed by atoms with Gasteiger partial charge in [-0.2, -0.15) is 0 Å². The Hall–Kier alpha value is -1.13. The van der Waals surface area contributed by atoms with Crippen LogP contribution in [0.25, 0.3) is 0 Å². The fourth-order valence-electron chi connectivity index (χ4n) is 4.02. The largest absolute Gasteiger partial charge is 0.481 e. The summed E-state index contributed by atoms with van der Waals surface area (Å²) in [5.74, 6) is 0.267. The van der Waals surface area contributed by atoms with Crippen molar-refractivity contribution in [2.45, 2.75) is 76.9 Å². The second-order valence-corrected chi connectivity index (χ2v) is 7.30. The Morgan fingerprint density at radius 3 is 2.56 bits per heavy atom. The second-order valence-electron chi connectivity index (χ2n) is 7.30. The molecular formula is C21H34O4. The number of carboxylic acids is 1. The number of unbranched alkanes of at least 4 members (excludes halogenated alkanes) is 4. The molecule has 2 saturated heterocycles. The standard InChI is InChI=1S/C21H34O4/c1-2-3-4-7-10-15-24-16-18-17(19-13-14-20(18)25-19)11-8-5-6-9-12-21(22)23/h5-6,8-9,17-20H,2-4,7,10-16H2,1H3,(H,22,23)/b8-5-,9-6?/t17-,18+,19-,20+/m0/s1. The van der Waals surface area contributed by atoms with E-state index in [1.54, 1.807) is 6.08 Å². The zero-order chi connectivity index (χ0) is 17.9. The van der Waals surface area contributed by atoms with E-state index in [9.17, 15) is 4.79 Å². The van der Waals surface area contributed by atoms with Gasteiger partial charge in [0.15, 0.2) is 0 Å². The highest BCUT2D eigenvalue weighted by Gasteiger charge is 2.48. The van der Waals surface area contributed by atoms with Crippen LogP contribution in [0.15, 0.2) is 24.3 Å². The van der Waals surface area contributed by atoms with E-state index < -0.39 is 5.97 Å². The lowest BCUT2D eigenvalue weighted by Gasteiger charge is -2.27. The first-order valence-corrected chi connectivity index (χ1v) is 9.99. The summed E-state index contributed by atoms with van der Waals surface area (Å²) >= 11 is 0. The zero-order valence-corrected chi connectivity index (χ0v) is 15.6. The molecule has 0 aromatic rings. The van der Waals surface area contributed by atoms with Crippen LogP contribution in [-0.4, -0.2) is 36.5 Å². The molecule has 4 atom stereocenters. The Morgan fingerprint density at radius 2 is 1.80 bits per heavy atom. The van der Waals surface area contributed by atoms with Crippen LogP contribution in [0.4, 0.5) is 0 Å². The maximum Gasteiger partial charge on any atom is 0.307 e. The molecule has 4 heteroatoms. The van der Waals surface area contributed by atoms with Gasteiger partial charge in [0.05, 0.1) is 25.2 Å². The predicted molar refractivity (Wildman–Crippen MR) is 99.6 cm³/mol. The van der Waals surface area contributed by atoms with Crippen LogP contribution in [0.2, 0.25) is 0 Å². The van der Waals surface area contributed by atoms with E-state index in [1.165, 1.54) is 44.9 Å². The van der Waals surface area contributed by atoms with Crippen LogP contribution >= 0.6 is 0 Å². The number of rotatable bonds is 13. The summed E-state index contributed by atoms with van der Waals surface area (Å²) in [7, 11) is 0. The van der Waals surface area contributed by atoms with Crippen LogP contribution in [0.1, 0.15) is 64.7 Å². The van der Waals surface area contributed by atoms with Crippen molar-refractivity contribution in [1.82, 2.24) is 0 Å². The molecule has 0 saturated carbocycles. The molecule has 2 bridgehead atoms. The molecule has 0 aromatic heterocycles. The topological polar surface area (TPSA) is 55.8 Å². The number of allylic oxidation sites excluding steroid dienone is 3. The van der Waals surface area contributed by atoms with Crippen LogP contribution in [0.5, 0.6) is 0 Å². The Kier molecular flexibility index (Phi) is 9.27. The van der Waals surface area contributed by atoms with Gasteiger partial charge in [-0.15, -0.1) is 0 Å². The zero-order valence-electron chi connectivity index (χ0n) is 15.6. The van der Waals surface area contributed by atoms with Crippen molar-refractivity contribution >= 4 is 5.97 Å². The quantitative estimate of drug-likeness (QED) is 0.385. The van der Waals surface area contributed by atoms with E-state index in [0.29, 0.717) is 24.0 Å². The lowest BCUT2D eigenvalue weighted by Crippen LogP contribution is -2.30. The number of hydrogen-bond donors (Lipinski definition) is 1. The Bertz CT molecular complexity index is 443. The van der Waals surface area contributed by atoms with Crippen molar-refractivity contribution in [1.29, 1.82) is 0 Å². The van der Waals surface area contributed by atoms with Gasteiger partial charge in [-0.25, -0.2) is 0 Å². The molecular weight excluding hydrogens is 316 g/mol. The molecule has 2 aliphatic rings. The van der Waals surface area contributed by atoms with Gasteiger partial charge in [0.1, 0.15) is 0 Å². The van der Waals surface area contributed by atoms with Crippen molar-refractivity contribution in [3.63, 3.8) is 0 Å². The molecule has 0 aliphatic carbocycles. The van der Waals surface area contributed by atoms with Gasteiger partial charge in [-0.05, 0) is 31.6 Å². The van der Waals surface area contributed by atoms with Crippen molar-refractivity contribution < 1.29 is 19.4 Å². The minimum absolute atomic E-state index is 0.0797. The molecule has 4 nitrogen and oxygen atoms in total. The highest BCUT2D eigenvalue weighted by atomic mass is 16.5.